The average Bonchev–Trinajstić information content (AvgIpc) is 2.64. The molecule has 1 aromatic heterocycles. The highest BCUT2D eigenvalue weighted by Gasteiger charge is 2.35. The fourth-order valence-electron chi connectivity index (χ4n) is 3.56. The van der Waals surface area contributed by atoms with Gasteiger partial charge in [-0.15, -0.1) is 0 Å². The molecule has 2 aliphatic heterocycles. The van der Waals surface area contributed by atoms with Crippen LogP contribution in [-0.2, 0) is 6.42 Å². The van der Waals surface area contributed by atoms with E-state index in [2.05, 4.69) is 33.5 Å². The van der Waals surface area contributed by atoms with Crippen molar-refractivity contribution in [1.82, 2.24) is 15.3 Å². The van der Waals surface area contributed by atoms with E-state index >= 15 is 0 Å². The number of nitrogens with zero attached hydrogens (tertiary/aromatic N) is 2. The first-order chi connectivity index (χ1) is 12.6. The summed E-state index contributed by atoms with van der Waals surface area (Å²) in [6, 6.07) is 4.08. The quantitative estimate of drug-likeness (QED) is 0.771. The van der Waals surface area contributed by atoms with Crippen LogP contribution in [0.5, 0.6) is 11.5 Å². The Morgan fingerprint density at radius 1 is 1.27 bits per heavy atom. The summed E-state index contributed by atoms with van der Waals surface area (Å²) < 4.78 is 12.0. The first-order valence-corrected chi connectivity index (χ1v) is 8.75. The molecule has 0 radical (unpaired) electrons. The highest BCUT2D eigenvalue weighted by atomic mass is 16.5. The molecule has 136 valence electrons. The van der Waals surface area contributed by atoms with Crippen LogP contribution in [0.15, 0.2) is 24.4 Å². The minimum Gasteiger partial charge on any atom is -0.493 e. The van der Waals surface area contributed by atoms with E-state index in [-0.39, 0.29) is 11.5 Å². The zero-order valence-corrected chi connectivity index (χ0v) is 14.8. The van der Waals surface area contributed by atoms with Crippen LogP contribution in [-0.4, -0.2) is 35.8 Å². The molecule has 0 saturated carbocycles. The Bertz CT molecular complexity index is 859. The maximum Gasteiger partial charge on any atom is 0.221 e. The maximum atomic E-state index is 6.41. The van der Waals surface area contributed by atoms with Crippen molar-refractivity contribution in [3.8, 4) is 11.5 Å². The van der Waals surface area contributed by atoms with E-state index in [1.165, 1.54) is 0 Å². The molecule has 2 aliphatic rings. The number of nitrogens with two attached hydrogens (primary N) is 2. The fraction of sp³-hybridized carbons (Fsp3) is 0.368. The van der Waals surface area contributed by atoms with Gasteiger partial charge in [0.05, 0.1) is 7.11 Å². The summed E-state index contributed by atoms with van der Waals surface area (Å²) in [5.74, 6) is 2.12. The van der Waals surface area contributed by atoms with Gasteiger partial charge in [-0.2, -0.15) is 4.98 Å². The number of piperidine rings is 1. The van der Waals surface area contributed by atoms with Gasteiger partial charge in [-0.3, -0.25) is 0 Å². The van der Waals surface area contributed by atoms with Crippen LogP contribution >= 0.6 is 0 Å². The van der Waals surface area contributed by atoms with Crippen molar-refractivity contribution in [2.24, 2.45) is 0 Å². The SMILES string of the molecule is COc1cc(Cc2cnc(N)nc2N)cc2c1OC1(C=C2)CCNCC1. The van der Waals surface area contributed by atoms with Crippen LogP contribution in [0.3, 0.4) is 0 Å². The molecule has 1 spiro atoms. The lowest BCUT2D eigenvalue weighted by atomic mass is 9.88. The number of hydrogen-bond acceptors (Lipinski definition) is 7. The van der Waals surface area contributed by atoms with Crippen molar-refractivity contribution in [3.05, 3.63) is 41.1 Å². The van der Waals surface area contributed by atoms with Gasteiger partial charge in [0.25, 0.3) is 0 Å². The fourth-order valence-corrected chi connectivity index (χ4v) is 3.56. The molecule has 0 amide bonds. The molecular weight excluding hydrogens is 330 g/mol. The van der Waals surface area contributed by atoms with Crippen molar-refractivity contribution in [3.63, 3.8) is 0 Å². The zero-order valence-electron chi connectivity index (χ0n) is 14.8. The molecular formula is C19H23N5O2. The van der Waals surface area contributed by atoms with Crippen LogP contribution in [0, 0.1) is 0 Å². The molecule has 3 heterocycles. The van der Waals surface area contributed by atoms with Gasteiger partial charge in [0.15, 0.2) is 11.5 Å². The van der Waals surface area contributed by atoms with Crippen molar-refractivity contribution in [1.29, 1.82) is 0 Å². The second-order valence-corrected chi connectivity index (χ2v) is 6.78. The third-order valence-electron chi connectivity index (χ3n) is 5.00. The maximum absolute atomic E-state index is 6.41. The molecule has 0 bridgehead atoms. The zero-order chi connectivity index (χ0) is 18.1. The number of nitrogen functional groups attached to an aromatic ring is 2. The van der Waals surface area contributed by atoms with Gasteiger partial charge >= 0.3 is 0 Å². The van der Waals surface area contributed by atoms with Crippen LogP contribution in [0.1, 0.15) is 29.5 Å². The summed E-state index contributed by atoms with van der Waals surface area (Å²) in [4.78, 5) is 8.06. The highest BCUT2D eigenvalue weighted by molar-refractivity contribution is 5.67. The van der Waals surface area contributed by atoms with Crippen LogP contribution in [0.2, 0.25) is 0 Å². The standard InChI is InChI=1S/C19H23N5O2/c1-25-15-10-12(9-14-11-23-18(21)24-17(14)20)8-13-2-3-19(26-16(13)15)4-6-22-7-5-19/h2-3,8,10-11,22H,4-7,9H2,1H3,(H4,20,21,23,24). The van der Waals surface area contributed by atoms with Gasteiger partial charge in [-0.1, -0.05) is 6.08 Å². The number of nitrogens with one attached hydrogen (secondary N) is 1. The Hall–Kier alpha value is -2.80. The second-order valence-electron chi connectivity index (χ2n) is 6.78. The highest BCUT2D eigenvalue weighted by Crippen LogP contribution is 2.42. The molecule has 1 fully saturated rings. The first kappa shape index (κ1) is 16.7. The minimum absolute atomic E-state index is 0.179. The predicted molar refractivity (Wildman–Crippen MR) is 101 cm³/mol. The summed E-state index contributed by atoms with van der Waals surface area (Å²) in [5.41, 5.74) is 14.2. The van der Waals surface area contributed by atoms with E-state index in [0.717, 1.165) is 54.1 Å². The molecule has 1 aromatic carbocycles. The Balaban J connectivity index is 1.66. The Kier molecular flexibility index (Phi) is 4.16. The average molecular weight is 353 g/mol. The number of hydrogen-bond donors (Lipinski definition) is 3. The van der Waals surface area contributed by atoms with Crippen molar-refractivity contribution < 1.29 is 9.47 Å². The number of benzene rings is 1. The van der Waals surface area contributed by atoms with E-state index in [4.69, 9.17) is 20.9 Å². The molecule has 0 aliphatic carbocycles. The van der Waals surface area contributed by atoms with Gasteiger partial charge in [0.2, 0.25) is 5.95 Å². The minimum atomic E-state index is -0.234. The third-order valence-corrected chi connectivity index (χ3v) is 5.00. The number of methoxy groups -OCH3 is 1. The molecule has 0 atom stereocenters. The summed E-state index contributed by atoms with van der Waals surface area (Å²) >= 11 is 0. The number of rotatable bonds is 3. The van der Waals surface area contributed by atoms with Gasteiger partial charge in [0.1, 0.15) is 11.4 Å². The summed E-state index contributed by atoms with van der Waals surface area (Å²) in [6.45, 7) is 1.91. The molecule has 5 N–H and O–H groups in total. The molecule has 26 heavy (non-hydrogen) atoms. The second kappa shape index (κ2) is 6.49. The number of aromatic nitrogens is 2. The molecule has 1 saturated heterocycles. The Morgan fingerprint density at radius 3 is 2.81 bits per heavy atom. The Labute approximate surface area is 152 Å². The summed E-state index contributed by atoms with van der Waals surface area (Å²) in [6.07, 6.45) is 8.48. The van der Waals surface area contributed by atoms with E-state index in [1.54, 1.807) is 13.3 Å². The van der Waals surface area contributed by atoms with E-state index in [1.807, 2.05) is 6.07 Å². The Morgan fingerprint density at radius 2 is 2.08 bits per heavy atom. The van der Waals surface area contributed by atoms with E-state index in [0.29, 0.717) is 12.2 Å². The lowest BCUT2D eigenvalue weighted by Crippen LogP contribution is -2.45. The van der Waals surface area contributed by atoms with Gasteiger partial charge in [0, 0.05) is 36.6 Å². The number of ether oxygens (including phenoxy) is 2. The van der Waals surface area contributed by atoms with Crippen molar-refractivity contribution in [2.45, 2.75) is 24.9 Å². The van der Waals surface area contributed by atoms with Crippen molar-refractivity contribution in [2.75, 3.05) is 31.7 Å². The first-order valence-electron chi connectivity index (χ1n) is 8.75. The smallest absolute Gasteiger partial charge is 0.221 e. The number of fused-ring (bicyclic) bond motifs is 1. The van der Waals surface area contributed by atoms with Gasteiger partial charge in [-0.25, -0.2) is 4.98 Å². The summed E-state index contributed by atoms with van der Waals surface area (Å²) in [7, 11) is 1.66. The molecule has 0 unspecified atom stereocenters. The van der Waals surface area contributed by atoms with Crippen molar-refractivity contribution >= 4 is 17.8 Å². The predicted octanol–water partition coefficient (Wildman–Crippen LogP) is 1.77. The van der Waals surface area contributed by atoms with Crippen LogP contribution in [0.4, 0.5) is 11.8 Å². The largest absolute Gasteiger partial charge is 0.493 e. The third kappa shape index (κ3) is 3.06. The van der Waals surface area contributed by atoms with Crippen LogP contribution < -0.4 is 26.3 Å². The van der Waals surface area contributed by atoms with Gasteiger partial charge in [-0.05, 0) is 36.9 Å². The van der Waals surface area contributed by atoms with Gasteiger partial charge < -0.3 is 26.3 Å². The topological polar surface area (TPSA) is 108 Å². The molecule has 7 nitrogen and oxygen atoms in total. The summed E-state index contributed by atoms with van der Waals surface area (Å²) in [5, 5.41) is 3.38. The lowest BCUT2D eigenvalue weighted by molar-refractivity contribution is 0.0787. The molecule has 2 aromatic rings. The molecule has 7 heteroatoms. The lowest BCUT2D eigenvalue weighted by Gasteiger charge is -2.38. The van der Waals surface area contributed by atoms with E-state index < -0.39 is 0 Å². The molecule has 4 rings (SSSR count). The van der Waals surface area contributed by atoms with Crippen LogP contribution in [0.25, 0.3) is 6.08 Å². The monoisotopic (exact) mass is 353 g/mol. The normalized spacial score (nSPS) is 17.6. The van der Waals surface area contributed by atoms with E-state index in [9.17, 15) is 0 Å². The number of anilines is 2.